The van der Waals surface area contributed by atoms with Crippen molar-refractivity contribution in [3.63, 3.8) is 0 Å². The van der Waals surface area contributed by atoms with E-state index >= 15 is 0 Å². The monoisotopic (exact) mass is 417 g/mol. The van der Waals surface area contributed by atoms with Crippen molar-refractivity contribution in [2.45, 2.75) is 6.18 Å². The average Bonchev–Trinajstić information content (AvgIpc) is 3.27. The molecule has 0 amide bonds. The zero-order chi connectivity index (χ0) is 21.7. The molecule has 0 fully saturated rings. The molecule has 2 aromatic heterocycles. The summed E-state index contributed by atoms with van der Waals surface area (Å²) in [6.45, 7) is 0.783. The van der Waals surface area contributed by atoms with Crippen molar-refractivity contribution in [1.29, 1.82) is 5.26 Å². The van der Waals surface area contributed by atoms with Gasteiger partial charge in [-0.1, -0.05) is 6.07 Å². The minimum atomic E-state index is -4.49. The number of halogens is 3. The number of benzene rings is 1. The molecule has 1 N–H and O–H groups in total. The number of nitrogens with one attached hydrogen (secondary N) is 1. The van der Waals surface area contributed by atoms with Gasteiger partial charge in [-0.15, -0.1) is 0 Å². The van der Waals surface area contributed by atoms with Crippen molar-refractivity contribution in [2.24, 2.45) is 0 Å². The van der Waals surface area contributed by atoms with Crippen LogP contribution in [0.1, 0.15) is 11.1 Å². The Labute approximate surface area is 170 Å². The molecule has 0 saturated carbocycles. The van der Waals surface area contributed by atoms with Crippen LogP contribution in [0, 0.1) is 11.3 Å². The van der Waals surface area contributed by atoms with E-state index in [-0.39, 0.29) is 28.7 Å². The number of aromatic nitrogens is 2. The van der Waals surface area contributed by atoms with Crippen LogP contribution in [0.5, 0.6) is 0 Å². The Morgan fingerprint density at radius 2 is 2.03 bits per heavy atom. The van der Waals surface area contributed by atoms with Gasteiger partial charge in [0.05, 0.1) is 18.4 Å². The lowest BCUT2D eigenvalue weighted by atomic mass is 10.1. The number of anilines is 3. The van der Waals surface area contributed by atoms with Gasteiger partial charge < -0.3 is 19.4 Å². The number of rotatable bonds is 7. The molecule has 0 aliphatic heterocycles. The van der Waals surface area contributed by atoms with E-state index < -0.39 is 11.7 Å². The molecule has 0 bridgehead atoms. The van der Waals surface area contributed by atoms with Gasteiger partial charge in [-0.05, 0) is 30.3 Å². The highest BCUT2D eigenvalue weighted by Gasteiger charge is 2.31. The molecule has 3 rings (SSSR count). The Balaban J connectivity index is 2.11. The molecular weight excluding hydrogens is 399 g/mol. The Bertz CT molecular complexity index is 1050. The van der Waals surface area contributed by atoms with Crippen LogP contribution < -0.4 is 10.2 Å². The fraction of sp³-hybridized carbons (Fsp3) is 0.250. The Hall–Kier alpha value is -3.58. The maximum atomic E-state index is 13.1. The Kier molecular flexibility index (Phi) is 6.23. The minimum Gasteiger partial charge on any atom is -0.463 e. The first-order valence-electron chi connectivity index (χ1n) is 8.85. The minimum absolute atomic E-state index is 0.0714. The van der Waals surface area contributed by atoms with Gasteiger partial charge in [-0.3, -0.25) is 0 Å². The van der Waals surface area contributed by atoms with Gasteiger partial charge in [0.2, 0.25) is 5.95 Å². The van der Waals surface area contributed by atoms with Gasteiger partial charge in [0.1, 0.15) is 17.3 Å². The Morgan fingerprint density at radius 1 is 1.23 bits per heavy atom. The summed E-state index contributed by atoms with van der Waals surface area (Å²) >= 11 is 0. The highest BCUT2D eigenvalue weighted by Crippen LogP contribution is 2.35. The standard InChI is InChI=1S/C20H18F3N5O2/c1-28(14-6-3-5-13(11-14)20(21,22)23)18-15(12-24)17(16-7-4-9-30-16)26-19(27-18)25-8-10-29-2/h3-7,9,11H,8,10H2,1-2H3,(H,25,26,27). The number of methoxy groups -OCH3 is 1. The smallest absolute Gasteiger partial charge is 0.416 e. The van der Waals surface area contributed by atoms with E-state index in [4.69, 9.17) is 9.15 Å². The third-order valence-corrected chi connectivity index (χ3v) is 4.22. The molecule has 1 aromatic carbocycles. The van der Waals surface area contributed by atoms with E-state index in [1.807, 2.05) is 6.07 Å². The number of alkyl halides is 3. The molecule has 0 saturated heterocycles. The van der Waals surface area contributed by atoms with Gasteiger partial charge in [0, 0.05) is 26.4 Å². The average molecular weight is 417 g/mol. The first-order valence-corrected chi connectivity index (χ1v) is 8.85. The molecular formula is C20H18F3N5O2. The second-order valence-electron chi connectivity index (χ2n) is 6.21. The van der Waals surface area contributed by atoms with Gasteiger partial charge in [-0.2, -0.15) is 23.4 Å². The SMILES string of the molecule is COCCNc1nc(-c2ccco2)c(C#N)c(N(C)c2cccc(C(F)(F)F)c2)n1. The first-order chi connectivity index (χ1) is 14.3. The van der Waals surface area contributed by atoms with E-state index in [0.29, 0.717) is 18.9 Å². The molecule has 0 spiro atoms. The largest absolute Gasteiger partial charge is 0.463 e. The summed E-state index contributed by atoms with van der Waals surface area (Å²) in [5, 5.41) is 12.7. The van der Waals surface area contributed by atoms with E-state index in [2.05, 4.69) is 15.3 Å². The molecule has 0 aliphatic rings. The van der Waals surface area contributed by atoms with Crippen molar-refractivity contribution in [1.82, 2.24) is 9.97 Å². The van der Waals surface area contributed by atoms with Gasteiger partial charge in [-0.25, -0.2) is 4.98 Å². The lowest BCUT2D eigenvalue weighted by molar-refractivity contribution is -0.137. The van der Waals surface area contributed by atoms with E-state index in [1.165, 1.54) is 30.3 Å². The zero-order valence-electron chi connectivity index (χ0n) is 16.2. The molecule has 0 aliphatic carbocycles. The highest BCUT2D eigenvalue weighted by atomic mass is 19.4. The molecule has 3 aromatic rings. The molecule has 156 valence electrons. The zero-order valence-corrected chi connectivity index (χ0v) is 16.2. The number of ether oxygens (including phenoxy) is 1. The molecule has 0 atom stereocenters. The van der Waals surface area contributed by atoms with Gasteiger partial charge in [0.15, 0.2) is 11.6 Å². The van der Waals surface area contributed by atoms with Crippen molar-refractivity contribution in [2.75, 3.05) is 37.5 Å². The number of hydrogen-bond acceptors (Lipinski definition) is 7. The van der Waals surface area contributed by atoms with Crippen LogP contribution in [0.3, 0.4) is 0 Å². The summed E-state index contributed by atoms with van der Waals surface area (Å²) in [5.41, 5.74) is -0.286. The quantitative estimate of drug-likeness (QED) is 0.568. The van der Waals surface area contributed by atoms with E-state index in [0.717, 1.165) is 12.1 Å². The number of hydrogen-bond donors (Lipinski definition) is 1. The van der Waals surface area contributed by atoms with Crippen LogP contribution in [0.15, 0.2) is 47.1 Å². The summed E-state index contributed by atoms with van der Waals surface area (Å²) in [6, 6.07) is 10.1. The van der Waals surface area contributed by atoms with Crippen molar-refractivity contribution in [3.05, 3.63) is 53.8 Å². The predicted molar refractivity (Wildman–Crippen MR) is 104 cm³/mol. The van der Waals surface area contributed by atoms with Crippen molar-refractivity contribution >= 4 is 17.5 Å². The molecule has 0 unspecified atom stereocenters. The van der Waals surface area contributed by atoms with E-state index in [1.54, 1.807) is 19.2 Å². The summed E-state index contributed by atoms with van der Waals surface area (Å²) in [7, 11) is 3.08. The summed E-state index contributed by atoms with van der Waals surface area (Å²) in [6.07, 6.45) is -3.06. The van der Waals surface area contributed by atoms with E-state index in [9.17, 15) is 18.4 Å². The van der Waals surface area contributed by atoms with Crippen LogP contribution >= 0.6 is 0 Å². The lowest BCUT2D eigenvalue weighted by Crippen LogP contribution is -2.18. The normalized spacial score (nSPS) is 11.2. The fourth-order valence-electron chi connectivity index (χ4n) is 2.74. The number of nitriles is 1. The van der Waals surface area contributed by atoms with Gasteiger partial charge >= 0.3 is 6.18 Å². The highest BCUT2D eigenvalue weighted by molar-refractivity contribution is 5.75. The predicted octanol–water partition coefficient (Wildman–Crippen LogP) is 4.45. The molecule has 0 radical (unpaired) electrons. The van der Waals surface area contributed by atoms with Crippen LogP contribution in [-0.4, -0.2) is 37.3 Å². The molecule has 2 heterocycles. The summed E-state index contributed by atoms with van der Waals surface area (Å²) in [4.78, 5) is 10.1. The second kappa shape index (κ2) is 8.84. The van der Waals surface area contributed by atoms with Crippen LogP contribution in [0.4, 0.5) is 30.6 Å². The molecule has 7 nitrogen and oxygen atoms in total. The van der Waals surface area contributed by atoms with Crippen molar-refractivity contribution in [3.8, 4) is 17.5 Å². The summed E-state index contributed by atoms with van der Waals surface area (Å²) in [5.74, 6) is 0.659. The molecule has 10 heteroatoms. The number of furan rings is 1. The first kappa shape index (κ1) is 21.1. The third-order valence-electron chi connectivity index (χ3n) is 4.22. The number of nitrogens with zero attached hydrogens (tertiary/aromatic N) is 4. The maximum absolute atomic E-state index is 13.1. The van der Waals surface area contributed by atoms with Gasteiger partial charge in [0.25, 0.3) is 0 Å². The molecule has 30 heavy (non-hydrogen) atoms. The Morgan fingerprint density at radius 3 is 2.67 bits per heavy atom. The van der Waals surface area contributed by atoms with Crippen molar-refractivity contribution < 1.29 is 22.3 Å². The van der Waals surface area contributed by atoms with Crippen LogP contribution in [-0.2, 0) is 10.9 Å². The third kappa shape index (κ3) is 4.52. The lowest BCUT2D eigenvalue weighted by Gasteiger charge is -2.22. The maximum Gasteiger partial charge on any atom is 0.416 e. The van der Waals surface area contributed by atoms with Crippen LogP contribution in [0.25, 0.3) is 11.5 Å². The fourth-order valence-corrected chi connectivity index (χ4v) is 2.74. The summed E-state index contributed by atoms with van der Waals surface area (Å²) < 4.78 is 49.8. The van der Waals surface area contributed by atoms with Crippen LogP contribution in [0.2, 0.25) is 0 Å². The topological polar surface area (TPSA) is 87.2 Å². The second-order valence-corrected chi connectivity index (χ2v) is 6.21.